The van der Waals surface area contributed by atoms with E-state index in [0.29, 0.717) is 22.3 Å². The molecular weight excluding hydrogens is 277 g/mol. The maximum Gasteiger partial charge on any atom is 0.305 e. The Labute approximate surface area is 113 Å². The monoisotopic (exact) mass is 283 g/mol. The summed E-state index contributed by atoms with van der Waals surface area (Å²) >= 11 is 11.9. The van der Waals surface area contributed by atoms with E-state index >= 15 is 0 Å². The van der Waals surface area contributed by atoms with Crippen LogP contribution in [0.3, 0.4) is 0 Å². The lowest BCUT2D eigenvalue weighted by Gasteiger charge is -2.03. The highest BCUT2D eigenvalue weighted by molar-refractivity contribution is 6.33. The molecule has 0 aliphatic heterocycles. The largest absolute Gasteiger partial charge is 0.305 e. The van der Waals surface area contributed by atoms with Crippen molar-refractivity contribution in [3.05, 3.63) is 62.1 Å². The molecular formula is C11H7Cl2N3O2. The average molecular weight is 284 g/mol. The molecule has 0 saturated heterocycles. The molecule has 0 bridgehead atoms. The van der Waals surface area contributed by atoms with Crippen LogP contribution in [0, 0.1) is 10.1 Å². The van der Waals surface area contributed by atoms with Gasteiger partial charge in [0.05, 0.1) is 4.92 Å². The molecule has 2 aromatic rings. The number of benzene rings is 1. The fourth-order valence-electron chi connectivity index (χ4n) is 1.38. The van der Waals surface area contributed by atoms with Crippen LogP contribution in [0.5, 0.6) is 0 Å². The van der Waals surface area contributed by atoms with E-state index in [9.17, 15) is 10.1 Å². The van der Waals surface area contributed by atoms with Gasteiger partial charge in [-0.1, -0.05) is 23.2 Å². The molecule has 0 aliphatic rings. The first-order valence-corrected chi connectivity index (χ1v) is 5.71. The van der Waals surface area contributed by atoms with Gasteiger partial charge in [0.1, 0.15) is 18.2 Å². The number of nitrogens with zero attached hydrogens (tertiary/aromatic N) is 3. The number of hydrogen-bond donors (Lipinski definition) is 0. The average Bonchev–Trinajstić information content (AvgIpc) is 2.34. The number of rotatable bonds is 3. The van der Waals surface area contributed by atoms with Crippen molar-refractivity contribution < 1.29 is 4.92 Å². The summed E-state index contributed by atoms with van der Waals surface area (Å²) < 4.78 is 0. The van der Waals surface area contributed by atoms with Gasteiger partial charge in [-0.05, 0) is 23.8 Å². The first-order chi connectivity index (χ1) is 8.56. The maximum absolute atomic E-state index is 10.5. The molecule has 0 fully saturated rings. The van der Waals surface area contributed by atoms with Gasteiger partial charge in [-0.2, -0.15) is 0 Å². The van der Waals surface area contributed by atoms with E-state index < -0.39 is 4.92 Å². The van der Waals surface area contributed by atoms with Crippen LogP contribution in [-0.2, 0) is 6.42 Å². The van der Waals surface area contributed by atoms with Crippen LogP contribution in [0.25, 0.3) is 0 Å². The minimum atomic E-state index is -0.545. The minimum absolute atomic E-state index is 0.143. The predicted octanol–water partition coefficient (Wildman–Crippen LogP) is 3.28. The van der Waals surface area contributed by atoms with Gasteiger partial charge in [-0.25, -0.2) is 9.97 Å². The molecule has 0 amide bonds. The Kier molecular flexibility index (Phi) is 3.74. The highest BCUT2D eigenvalue weighted by Gasteiger charge is 2.09. The molecule has 2 rings (SSSR count). The molecule has 92 valence electrons. The standard InChI is InChI=1S/C11H7Cl2N3O2/c12-8-1-2-10(13)7(3-8)4-11-14-5-9(6-15-11)16(17)18/h1-3,5-6H,4H2. The van der Waals surface area contributed by atoms with E-state index in [1.54, 1.807) is 18.2 Å². The second kappa shape index (κ2) is 5.29. The fourth-order valence-corrected chi connectivity index (χ4v) is 1.76. The van der Waals surface area contributed by atoms with Gasteiger partial charge < -0.3 is 0 Å². The van der Waals surface area contributed by atoms with E-state index in [2.05, 4.69) is 9.97 Å². The van der Waals surface area contributed by atoms with Crippen LogP contribution >= 0.6 is 23.2 Å². The van der Waals surface area contributed by atoms with E-state index in [-0.39, 0.29) is 5.69 Å². The lowest BCUT2D eigenvalue weighted by molar-refractivity contribution is -0.385. The van der Waals surface area contributed by atoms with Gasteiger partial charge >= 0.3 is 5.69 Å². The Balaban J connectivity index is 2.23. The van der Waals surface area contributed by atoms with Gasteiger partial charge in [-0.3, -0.25) is 10.1 Å². The Morgan fingerprint density at radius 1 is 1.22 bits per heavy atom. The van der Waals surface area contributed by atoms with Crippen molar-refractivity contribution >= 4 is 28.9 Å². The zero-order chi connectivity index (χ0) is 13.1. The molecule has 18 heavy (non-hydrogen) atoms. The number of aromatic nitrogens is 2. The van der Waals surface area contributed by atoms with Crippen molar-refractivity contribution in [3.8, 4) is 0 Å². The van der Waals surface area contributed by atoms with Crippen molar-refractivity contribution in [3.63, 3.8) is 0 Å². The SMILES string of the molecule is O=[N+]([O-])c1cnc(Cc2cc(Cl)ccc2Cl)nc1. The molecule has 7 heteroatoms. The van der Waals surface area contributed by atoms with Crippen molar-refractivity contribution in [2.45, 2.75) is 6.42 Å². The van der Waals surface area contributed by atoms with Crippen LogP contribution in [0.2, 0.25) is 10.0 Å². The second-order valence-electron chi connectivity index (χ2n) is 3.53. The number of nitro groups is 1. The van der Waals surface area contributed by atoms with Gasteiger partial charge in [-0.15, -0.1) is 0 Å². The zero-order valence-corrected chi connectivity index (χ0v) is 10.5. The van der Waals surface area contributed by atoms with E-state index in [1.807, 2.05) is 0 Å². The highest BCUT2D eigenvalue weighted by Crippen LogP contribution is 2.22. The summed E-state index contributed by atoms with van der Waals surface area (Å²) in [5.41, 5.74) is 0.633. The van der Waals surface area contributed by atoms with E-state index in [4.69, 9.17) is 23.2 Å². The van der Waals surface area contributed by atoms with Crippen molar-refractivity contribution in [2.75, 3.05) is 0 Å². The van der Waals surface area contributed by atoms with Crippen LogP contribution in [0.15, 0.2) is 30.6 Å². The first kappa shape index (κ1) is 12.7. The molecule has 5 nitrogen and oxygen atoms in total. The van der Waals surface area contributed by atoms with Crippen molar-refractivity contribution in [2.24, 2.45) is 0 Å². The van der Waals surface area contributed by atoms with Crippen molar-refractivity contribution in [1.29, 1.82) is 0 Å². The minimum Gasteiger partial charge on any atom is -0.258 e. The molecule has 1 heterocycles. The quantitative estimate of drug-likeness (QED) is 0.640. The lowest BCUT2D eigenvalue weighted by atomic mass is 10.1. The summed E-state index contributed by atoms with van der Waals surface area (Å²) in [5.74, 6) is 0.449. The Hall–Kier alpha value is -1.72. The summed E-state index contributed by atoms with van der Waals surface area (Å²) in [7, 11) is 0. The Morgan fingerprint density at radius 3 is 2.50 bits per heavy atom. The smallest absolute Gasteiger partial charge is 0.258 e. The van der Waals surface area contributed by atoms with Gasteiger partial charge in [0.25, 0.3) is 0 Å². The normalized spacial score (nSPS) is 10.3. The van der Waals surface area contributed by atoms with Gasteiger partial charge in [0.15, 0.2) is 0 Å². The van der Waals surface area contributed by atoms with Crippen LogP contribution in [0.1, 0.15) is 11.4 Å². The summed E-state index contributed by atoms with van der Waals surface area (Å²) in [5, 5.41) is 11.6. The summed E-state index contributed by atoms with van der Waals surface area (Å²) in [6, 6.07) is 5.09. The third kappa shape index (κ3) is 2.94. The third-order valence-electron chi connectivity index (χ3n) is 2.26. The van der Waals surface area contributed by atoms with Gasteiger partial charge in [0, 0.05) is 16.5 Å². The maximum atomic E-state index is 10.5. The lowest BCUT2D eigenvalue weighted by Crippen LogP contribution is -1.98. The van der Waals surface area contributed by atoms with Gasteiger partial charge in [0.2, 0.25) is 0 Å². The van der Waals surface area contributed by atoms with E-state index in [0.717, 1.165) is 5.56 Å². The highest BCUT2D eigenvalue weighted by atomic mass is 35.5. The number of hydrogen-bond acceptors (Lipinski definition) is 4. The fraction of sp³-hybridized carbons (Fsp3) is 0.0909. The zero-order valence-electron chi connectivity index (χ0n) is 9.01. The molecule has 0 aliphatic carbocycles. The molecule has 0 N–H and O–H groups in total. The first-order valence-electron chi connectivity index (χ1n) is 4.95. The summed E-state index contributed by atoms with van der Waals surface area (Å²) in [6.45, 7) is 0. The molecule has 0 radical (unpaired) electrons. The molecule has 1 aromatic heterocycles. The topological polar surface area (TPSA) is 68.9 Å². The molecule has 0 spiro atoms. The Morgan fingerprint density at radius 2 is 1.89 bits per heavy atom. The second-order valence-corrected chi connectivity index (χ2v) is 4.37. The summed E-state index contributed by atoms with van der Waals surface area (Å²) in [6.07, 6.45) is 2.71. The molecule has 0 saturated carbocycles. The molecule has 1 aromatic carbocycles. The third-order valence-corrected chi connectivity index (χ3v) is 2.86. The van der Waals surface area contributed by atoms with E-state index in [1.165, 1.54) is 12.4 Å². The van der Waals surface area contributed by atoms with Crippen LogP contribution < -0.4 is 0 Å². The molecule has 0 unspecified atom stereocenters. The van der Waals surface area contributed by atoms with Crippen LogP contribution in [-0.4, -0.2) is 14.9 Å². The van der Waals surface area contributed by atoms with Crippen LogP contribution in [0.4, 0.5) is 5.69 Å². The van der Waals surface area contributed by atoms with Crippen molar-refractivity contribution in [1.82, 2.24) is 9.97 Å². The number of halogens is 2. The predicted molar refractivity (Wildman–Crippen MR) is 68.0 cm³/mol. The Bertz CT molecular complexity index is 587. The molecule has 0 atom stereocenters. The summed E-state index contributed by atoms with van der Waals surface area (Å²) in [4.78, 5) is 17.7.